The van der Waals surface area contributed by atoms with Crippen molar-refractivity contribution in [2.24, 2.45) is 0 Å². The highest BCUT2D eigenvalue weighted by Gasteiger charge is 1.97. The first-order chi connectivity index (χ1) is 7.78. The van der Waals surface area contributed by atoms with Crippen LogP contribution in [0.5, 0.6) is 11.5 Å². The van der Waals surface area contributed by atoms with E-state index in [0.29, 0.717) is 5.75 Å². The van der Waals surface area contributed by atoms with E-state index in [0.717, 1.165) is 12.2 Å². The van der Waals surface area contributed by atoms with Gasteiger partial charge in [-0.1, -0.05) is 19.1 Å². The van der Waals surface area contributed by atoms with E-state index in [1.807, 2.05) is 24.3 Å². The van der Waals surface area contributed by atoms with Gasteiger partial charge in [0.05, 0.1) is 0 Å². The van der Waals surface area contributed by atoms with Gasteiger partial charge in [-0.05, 0) is 48.4 Å². The summed E-state index contributed by atoms with van der Waals surface area (Å²) in [4.78, 5) is 0. The van der Waals surface area contributed by atoms with E-state index < -0.39 is 0 Å². The Bertz CT molecular complexity index is 445. The standard InChI is InChI=1S/C14H13FO/c1-2-11-3-7-13(8-4-11)16-14-9-5-12(15)6-10-14/h3-10H,2H2,1H3. The zero-order valence-electron chi connectivity index (χ0n) is 9.11. The Morgan fingerprint density at radius 3 is 1.88 bits per heavy atom. The SMILES string of the molecule is CCc1ccc(Oc2ccc(F)cc2)cc1. The van der Waals surface area contributed by atoms with Crippen molar-refractivity contribution in [1.82, 2.24) is 0 Å². The van der Waals surface area contributed by atoms with E-state index in [1.165, 1.54) is 17.7 Å². The first kappa shape index (κ1) is 10.7. The van der Waals surface area contributed by atoms with Crippen LogP contribution < -0.4 is 4.74 Å². The number of ether oxygens (including phenoxy) is 1. The summed E-state index contributed by atoms with van der Waals surface area (Å²) in [6.45, 7) is 2.11. The van der Waals surface area contributed by atoms with Crippen LogP contribution in [0, 0.1) is 5.82 Å². The fourth-order valence-corrected chi connectivity index (χ4v) is 1.43. The smallest absolute Gasteiger partial charge is 0.127 e. The van der Waals surface area contributed by atoms with Crippen molar-refractivity contribution < 1.29 is 9.13 Å². The molecule has 0 N–H and O–H groups in total. The number of rotatable bonds is 3. The van der Waals surface area contributed by atoms with Crippen LogP contribution in [0.25, 0.3) is 0 Å². The van der Waals surface area contributed by atoms with Gasteiger partial charge >= 0.3 is 0 Å². The second kappa shape index (κ2) is 4.79. The third-order valence-corrected chi connectivity index (χ3v) is 2.38. The summed E-state index contributed by atoms with van der Waals surface area (Å²) in [6.07, 6.45) is 1.01. The predicted octanol–water partition coefficient (Wildman–Crippen LogP) is 4.18. The average molecular weight is 216 g/mol. The summed E-state index contributed by atoms with van der Waals surface area (Å²) in [5.41, 5.74) is 1.27. The number of hydrogen-bond donors (Lipinski definition) is 0. The quantitative estimate of drug-likeness (QED) is 0.747. The Morgan fingerprint density at radius 1 is 0.875 bits per heavy atom. The molecule has 0 aliphatic rings. The maximum atomic E-state index is 12.7. The molecule has 16 heavy (non-hydrogen) atoms. The first-order valence-electron chi connectivity index (χ1n) is 5.30. The number of halogens is 1. The fourth-order valence-electron chi connectivity index (χ4n) is 1.43. The summed E-state index contributed by atoms with van der Waals surface area (Å²) in [5.74, 6) is 1.16. The van der Waals surface area contributed by atoms with Crippen LogP contribution >= 0.6 is 0 Å². The van der Waals surface area contributed by atoms with Crippen LogP contribution in [0.3, 0.4) is 0 Å². The van der Waals surface area contributed by atoms with Gasteiger partial charge in [-0.25, -0.2) is 4.39 Å². The Labute approximate surface area is 94.5 Å². The molecule has 82 valence electrons. The van der Waals surface area contributed by atoms with E-state index in [-0.39, 0.29) is 5.82 Å². The normalized spacial score (nSPS) is 10.1. The van der Waals surface area contributed by atoms with Crippen LogP contribution in [-0.4, -0.2) is 0 Å². The molecule has 2 heteroatoms. The van der Waals surface area contributed by atoms with Gasteiger partial charge < -0.3 is 4.74 Å². The number of benzene rings is 2. The lowest BCUT2D eigenvalue weighted by atomic mass is 10.2. The summed E-state index contributed by atoms with van der Waals surface area (Å²) in [6, 6.07) is 13.9. The maximum absolute atomic E-state index is 12.7. The molecule has 0 unspecified atom stereocenters. The van der Waals surface area contributed by atoms with Crippen LogP contribution in [0.1, 0.15) is 12.5 Å². The van der Waals surface area contributed by atoms with Crippen LogP contribution in [-0.2, 0) is 6.42 Å². The van der Waals surface area contributed by atoms with Gasteiger partial charge in [0.25, 0.3) is 0 Å². The molecule has 0 saturated heterocycles. The minimum atomic E-state index is -0.256. The van der Waals surface area contributed by atoms with Gasteiger partial charge in [0.2, 0.25) is 0 Å². The molecule has 1 nitrogen and oxygen atoms in total. The van der Waals surface area contributed by atoms with Crippen molar-refractivity contribution in [2.75, 3.05) is 0 Å². The zero-order valence-corrected chi connectivity index (χ0v) is 9.11. The summed E-state index contributed by atoms with van der Waals surface area (Å²) >= 11 is 0. The summed E-state index contributed by atoms with van der Waals surface area (Å²) in [5, 5.41) is 0. The molecular weight excluding hydrogens is 203 g/mol. The van der Waals surface area contributed by atoms with Crippen molar-refractivity contribution in [3.05, 3.63) is 59.9 Å². The lowest BCUT2D eigenvalue weighted by Gasteiger charge is -2.05. The molecule has 0 bridgehead atoms. The van der Waals surface area contributed by atoms with E-state index in [1.54, 1.807) is 12.1 Å². The van der Waals surface area contributed by atoms with Crippen LogP contribution in [0.4, 0.5) is 4.39 Å². The van der Waals surface area contributed by atoms with Gasteiger partial charge in [0, 0.05) is 0 Å². The van der Waals surface area contributed by atoms with E-state index in [4.69, 9.17) is 4.74 Å². The second-order valence-corrected chi connectivity index (χ2v) is 3.55. The lowest BCUT2D eigenvalue weighted by molar-refractivity contribution is 0.480. The molecule has 0 heterocycles. The fraction of sp³-hybridized carbons (Fsp3) is 0.143. The highest BCUT2D eigenvalue weighted by Crippen LogP contribution is 2.21. The highest BCUT2D eigenvalue weighted by atomic mass is 19.1. The monoisotopic (exact) mass is 216 g/mol. The molecule has 0 radical (unpaired) electrons. The third kappa shape index (κ3) is 2.60. The molecule has 2 aromatic carbocycles. The highest BCUT2D eigenvalue weighted by molar-refractivity contribution is 5.33. The molecule has 0 saturated carbocycles. The minimum Gasteiger partial charge on any atom is -0.457 e. The number of hydrogen-bond acceptors (Lipinski definition) is 1. The zero-order chi connectivity index (χ0) is 11.4. The van der Waals surface area contributed by atoms with Crippen molar-refractivity contribution in [3.63, 3.8) is 0 Å². The molecule has 0 fully saturated rings. The summed E-state index contributed by atoms with van der Waals surface area (Å²) < 4.78 is 18.2. The number of aryl methyl sites for hydroxylation is 1. The van der Waals surface area contributed by atoms with Crippen molar-refractivity contribution in [1.29, 1.82) is 0 Å². The van der Waals surface area contributed by atoms with Crippen molar-refractivity contribution in [2.45, 2.75) is 13.3 Å². The maximum Gasteiger partial charge on any atom is 0.127 e. The Kier molecular flexibility index (Phi) is 3.20. The van der Waals surface area contributed by atoms with Crippen LogP contribution in [0.2, 0.25) is 0 Å². The van der Waals surface area contributed by atoms with Gasteiger partial charge in [-0.15, -0.1) is 0 Å². The van der Waals surface area contributed by atoms with Gasteiger partial charge in [-0.3, -0.25) is 0 Å². The lowest BCUT2D eigenvalue weighted by Crippen LogP contribution is -1.85. The Balaban J connectivity index is 2.11. The predicted molar refractivity (Wildman–Crippen MR) is 62.3 cm³/mol. The van der Waals surface area contributed by atoms with E-state index in [9.17, 15) is 4.39 Å². The molecule has 0 spiro atoms. The van der Waals surface area contributed by atoms with Crippen molar-refractivity contribution in [3.8, 4) is 11.5 Å². The molecular formula is C14H13FO. The van der Waals surface area contributed by atoms with E-state index in [2.05, 4.69) is 6.92 Å². The third-order valence-electron chi connectivity index (χ3n) is 2.38. The van der Waals surface area contributed by atoms with Crippen molar-refractivity contribution >= 4 is 0 Å². The molecule has 0 aliphatic carbocycles. The molecule has 2 aromatic rings. The second-order valence-electron chi connectivity index (χ2n) is 3.55. The Hall–Kier alpha value is -1.83. The molecule has 0 atom stereocenters. The first-order valence-corrected chi connectivity index (χ1v) is 5.30. The molecule has 0 aromatic heterocycles. The minimum absolute atomic E-state index is 0.256. The molecule has 0 amide bonds. The summed E-state index contributed by atoms with van der Waals surface area (Å²) in [7, 11) is 0. The van der Waals surface area contributed by atoms with Gasteiger partial charge in [0.15, 0.2) is 0 Å². The molecule has 2 rings (SSSR count). The van der Waals surface area contributed by atoms with Gasteiger partial charge in [0.1, 0.15) is 17.3 Å². The Morgan fingerprint density at radius 2 is 1.38 bits per heavy atom. The largest absolute Gasteiger partial charge is 0.457 e. The van der Waals surface area contributed by atoms with E-state index >= 15 is 0 Å². The average Bonchev–Trinajstić information content (AvgIpc) is 2.33. The van der Waals surface area contributed by atoms with Gasteiger partial charge in [-0.2, -0.15) is 0 Å². The topological polar surface area (TPSA) is 9.23 Å². The molecule has 0 aliphatic heterocycles. The van der Waals surface area contributed by atoms with Crippen LogP contribution in [0.15, 0.2) is 48.5 Å².